The Balaban J connectivity index is 1.72. The fourth-order valence-corrected chi connectivity index (χ4v) is 2.29. The van der Waals surface area contributed by atoms with Gasteiger partial charge in [0.15, 0.2) is 5.11 Å². The number of nitrogens with one attached hydrogen (secondary N) is 3. The molecular weight excluding hydrogens is 362 g/mol. The molecule has 0 spiro atoms. The van der Waals surface area contributed by atoms with Crippen molar-refractivity contribution >= 4 is 44.9 Å². The standard InChI is InChI=1S/C16H16BrN3OS/c17-13-8-4-5-9-14(13)20-15(21)11-19-16(22)18-10-12-6-2-1-3-7-12/h1-9H,10-11H2,(H,20,21)(H2,18,19,22). The first-order valence-electron chi connectivity index (χ1n) is 6.75. The van der Waals surface area contributed by atoms with Gasteiger partial charge in [0.1, 0.15) is 0 Å². The minimum Gasteiger partial charge on any atom is -0.359 e. The molecule has 22 heavy (non-hydrogen) atoms. The molecule has 4 nitrogen and oxygen atoms in total. The lowest BCUT2D eigenvalue weighted by atomic mass is 10.2. The van der Waals surface area contributed by atoms with Crippen molar-refractivity contribution in [2.75, 3.05) is 11.9 Å². The second-order valence-corrected chi connectivity index (χ2v) is 5.81. The van der Waals surface area contributed by atoms with Crippen LogP contribution < -0.4 is 16.0 Å². The van der Waals surface area contributed by atoms with Crippen LogP contribution in [0.15, 0.2) is 59.1 Å². The van der Waals surface area contributed by atoms with E-state index in [2.05, 4.69) is 31.9 Å². The Labute approximate surface area is 143 Å². The summed E-state index contributed by atoms with van der Waals surface area (Å²) < 4.78 is 0.841. The van der Waals surface area contributed by atoms with E-state index in [9.17, 15) is 4.79 Å². The monoisotopic (exact) mass is 377 g/mol. The second kappa shape index (κ2) is 8.51. The van der Waals surface area contributed by atoms with Crippen LogP contribution in [0, 0.1) is 0 Å². The summed E-state index contributed by atoms with van der Waals surface area (Å²) in [6.45, 7) is 0.737. The molecule has 0 aliphatic heterocycles. The zero-order valence-corrected chi connectivity index (χ0v) is 14.2. The maximum absolute atomic E-state index is 11.9. The first-order chi connectivity index (χ1) is 10.6. The Morgan fingerprint density at radius 1 is 1.00 bits per heavy atom. The van der Waals surface area contributed by atoms with Crippen LogP contribution in [0.4, 0.5) is 5.69 Å². The molecule has 0 heterocycles. The lowest BCUT2D eigenvalue weighted by molar-refractivity contribution is -0.115. The van der Waals surface area contributed by atoms with Gasteiger partial charge in [-0.2, -0.15) is 0 Å². The average Bonchev–Trinajstić information content (AvgIpc) is 2.54. The first-order valence-corrected chi connectivity index (χ1v) is 7.95. The van der Waals surface area contributed by atoms with Gasteiger partial charge < -0.3 is 16.0 Å². The highest BCUT2D eigenvalue weighted by molar-refractivity contribution is 9.10. The van der Waals surface area contributed by atoms with Gasteiger partial charge in [0.05, 0.1) is 12.2 Å². The summed E-state index contributed by atoms with van der Waals surface area (Å²) in [7, 11) is 0. The molecule has 3 N–H and O–H groups in total. The van der Waals surface area contributed by atoms with Crippen LogP contribution in [0.1, 0.15) is 5.56 Å². The van der Waals surface area contributed by atoms with Gasteiger partial charge >= 0.3 is 0 Å². The van der Waals surface area contributed by atoms with E-state index >= 15 is 0 Å². The fourth-order valence-electron chi connectivity index (χ4n) is 1.76. The minimum absolute atomic E-state index is 0.113. The van der Waals surface area contributed by atoms with Crippen molar-refractivity contribution < 1.29 is 4.79 Å². The second-order valence-electron chi connectivity index (χ2n) is 4.55. The van der Waals surface area contributed by atoms with E-state index in [1.54, 1.807) is 0 Å². The van der Waals surface area contributed by atoms with Crippen LogP contribution in [-0.4, -0.2) is 17.6 Å². The average molecular weight is 378 g/mol. The first kappa shape index (κ1) is 16.5. The van der Waals surface area contributed by atoms with Crippen molar-refractivity contribution in [2.24, 2.45) is 0 Å². The largest absolute Gasteiger partial charge is 0.359 e. The Hall–Kier alpha value is -1.92. The van der Waals surface area contributed by atoms with E-state index in [1.807, 2.05) is 54.6 Å². The summed E-state index contributed by atoms with van der Waals surface area (Å²) >= 11 is 8.53. The Morgan fingerprint density at radius 2 is 1.68 bits per heavy atom. The third-order valence-corrected chi connectivity index (χ3v) is 3.83. The summed E-state index contributed by atoms with van der Waals surface area (Å²) in [4.78, 5) is 11.9. The van der Waals surface area contributed by atoms with Gasteiger partial charge in [-0.3, -0.25) is 4.79 Å². The molecule has 2 aromatic rings. The molecule has 0 bridgehead atoms. The van der Waals surface area contributed by atoms with Crippen molar-refractivity contribution in [3.63, 3.8) is 0 Å². The van der Waals surface area contributed by atoms with Crippen molar-refractivity contribution in [3.8, 4) is 0 Å². The number of benzene rings is 2. The van der Waals surface area contributed by atoms with Crippen LogP contribution in [0.3, 0.4) is 0 Å². The third-order valence-electron chi connectivity index (χ3n) is 2.85. The van der Waals surface area contributed by atoms with Crippen LogP contribution in [0.25, 0.3) is 0 Å². The zero-order valence-electron chi connectivity index (χ0n) is 11.8. The van der Waals surface area contributed by atoms with E-state index < -0.39 is 0 Å². The molecule has 0 aliphatic carbocycles. The lowest BCUT2D eigenvalue weighted by Crippen LogP contribution is -2.39. The lowest BCUT2D eigenvalue weighted by Gasteiger charge is -2.11. The number of thiocarbonyl (C=S) groups is 1. The molecule has 1 amide bonds. The summed E-state index contributed by atoms with van der Waals surface area (Å²) in [5.41, 5.74) is 1.86. The predicted molar refractivity (Wildman–Crippen MR) is 96.7 cm³/mol. The Kier molecular flexibility index (Phi) is 6.36. The number of hydrogen-bond acceptors (Lipinski definition) is 2. The zero-order chi connectivity index (χ0) is 15.8. The number of anilines is 1. The number of carbonyl (C=O) groups excluding carboxylic acids is 1. The summed E-state index contributed by atoms with van der Waals surface area (Å²) in [6.07, 6.45) is 0. The van der Waals surface area contributed by atoms with Crippen molar-refractivity contribution in [3.05, 3.63) is 64.6 Å². The molecule has 0 aliphatic rings. The number of halogens is 1. The van der Waals surface area contributed by atoms with Crippen molar-refractivity contribution in [1.82, 2.24) is 10.6 Å². The summed E-state index contributed by atoms with van der Waals surface area (Å²) in [5.74, 6) is -0.157. The van der Waals surface area contributed by atoms with E-state index in [-0.39, 0.29) is 12.5 Å². The molecule has 2 aromatic carbocycles. The topological polar surface area (TPSA) is 53.2 Å². The van der Waals surface area contributed by atoms with Crippen LogP contribution in [-0.2, 0) is 11.3 Å². The molecule has 2 rings (SSSR count). The quantitative estimate of drug-likeness (QED) is 0.700. The Morgan fingerprint density at radius 3 is 2.41 bits per heavy atom. The SMILES string of the molecule is O=C(CNC(=S)NCc1ccccc1)Nc1ccccc1Br. The van der Waals surface area contributed by atoms with Crippen molar-refractivity contribution in [1.29, 1.82) is 0 Å². The molecule has 0 unspecified atom stereocenters. The van der Waals surface area contributed by atoms with E-state index in [4.69, 9.17) is 12.2 Å². The van der Waals surface area contributed by atoms with Crippen LogP contribution in [0.2, 0.25) is 0 Å². The molecule has 0 aromatic heterocycles. The van der Waals surface area contributed by atoms with Gasteiger partial charge in [0.25, 0.3) is 0 Å². The van der Waals surface area contributed by atoms with Crippen LogP contribution >= 0.6 is 28.1 Å². The molecule has 0 atom stereocenters. The van der Waals surface area contributed by atoms with E-state index in [0.29, 0.717) is 11.7 Å². The van der Waals surface area contributed by atoms with Gasteiger partial charge in [-0.05, 0) is 45.8 Å². The van der Waals surface area contributed by atoms with Crippen molar-refractivity contribution in [2.45, 2.75) is 6.54 Å². The predicted octanol–water partition coefficient (Wildman–Crippen LogP) is 3.05. The van der Waals surface area contributed by atoms with Crippen LogP contribution in [0.5, 0.6) is 0 Å². The highest BCUT2D eigenvalue weighted by Crippen LogP contribution is 2.20. The molecule has 6 heteroatoms. The highest BCUT2D eigenvalue weighted by Gasteiger charge is 2.05. The van der Waals surface area contributed by atoms with Gasteiger partial charge in [0.2, 0.25) is 5.91 Å². The molecule has 0 saturated carbocycles. The maximum Gasteiger partial charge on any atom is 0.243 e. The third kappa shape index (κ3) is 5.46. The summed E-state index contributed by atoms with van der Waals surface area (Å²) in [6, 6.07) is 17.4. The molecule has 114 valence electrons. The van der Waals surface area contributed by atoms with Gasteiger partial charge in [-0.25, -0.2) is 0 Å². The Bertz CT molecular complexity index is 649. The maximum atomic E-state index is 11.9. The minimum atomic E-state index is -0.157. The van der Waals surface area contributed by atoms with E-state index in [0.717, 1.165) is 15.7 Å². The number of para-hydroxylation sites is 1. The number of amides is 1. The fraction of sp³-hybridized carbons (Fsp3) is 0.125. The number of rotatable bonds is 5. The molecule has 0 radical (unpaired) electrons. The highest BCUT2D eigenvalue weighted by atomic mass is 79.9. The normalized spacial score (nSPS) is 9.86. The van der Waals surface area contributed by atoms with E-state index in [1.165, 1.54) is 0 Å². The smallest absolute Gasteiger partial charge is 0.243 e. The van der Waals surface area contributed by atoms with Gasteiger partial charge in [-0.1, -0.05) is 42.5 Å². The molecular formula is C16H16BrN3OS. The summed E-state index contributed by atoms with van der Waals surface area (Å²) in [5, 5.41) is 9.20. The van der Waals surface area contributed by atoms with Gasteiger partial charge in [0, 0.05) is 11.0 Å². The molecule has 0 fully saturated rings. The molecule has 0 saturated heterocycles. The number of hydrogen-bond donors (Lipinski definition) is 3. The number of carbonyl (C=O) groups is 1. The van der Waals surface area contributed by atoms with Gasteiger partial charge in [-0.15, -0.1) is 0 Å².